The maximum absolute atomic E-state index is 11.6. The first-order valence-corrected chi connectivity index (χ1v) is 7.24. The second-order valence-electron chi connectivity index (χ2n) is 5.78. The number of rotatable bonds is 3. The van der Waals surface area contributed by atoms with Crippen LogP contribution in [-0.4, -0.2) is 50.6 Å². The minimum atomic E-state index is -0.706. The molecule has 120 valence electrons. The molecule has 1 saturated heterocycles. The van der Waals surface area contributed by atoms with Gasteiger partial charge in [-0.3, -0.25) is 0 Å². The number of ether oxygens (including phenoxy) is 5. The van der Waals surface area contributed by atoms with E-state index in [1.165, 1.54) is 0 Å². The third-order valence-electron chi connectivity index (χ3n) is 3.93. The van der Waals surface area contributed by atoms with Crippen LogP contribution in [0.3, 0.4) is 0 Å². The lowest BCUT2D eigenvalue weighted by Gasteiger charge is -2.48. The topological polar surface area (TPSA) is 63.2 Å². The Balaban J connectivity index is 2.10. The van der Waals surface area contributed by atoms with E-state index in [1.807, 2.05) is 13.8 Å². The van der Waals surface area contributed by atoms with Crippen LogP contribution in [0.25, 0.3) is 0 Å². The number of methoxy groups -OCH3 is 1. The second-order valence-corrected chi connectivity index (χ2v) is 5.78. The van der Waals surface area contributed by atoms with Gasteiger partial charge in [0.25, 0.3) is 0 Å². The molecule has 0 radical (unpaired) electrons. The third-order valence-corrected chi connectivity index (χ3v) is 3.93. The molecule has 1 saturated carbocycles. The van der Waals surface area contributed by atoms with E-state index in [0.29, 0.717) is 13.0 Å². The largest absolute Gasteiger partial charge is 0.508 e. The van der Waals surface area contributed by atoms with Crippen molar-refractivity contribution < 1.29 is 28.5 Å². The van der Waals surface area contributed by atoms with Gasteiger partial charge in [0, 0.05) is 19.4 Å². The van der Waals surface area contributed by atoms with Crippen molar-refractivity contribution in [3.05, 3.63) is 12.2 Å². The molecule has 2 fully saturated rings. The molecule has 0 N–H and O–H groups in total. The summed E-state index contributed by atoms with van der Waals surface area (Å²) in [6.45, 7) is 10.3. The molecular formula is C15H24O6. The van der Waals surface area contributed by atoms with E-state index in [-0.39, 0.29) is 24.7 Å². The zero-order valence-corrected chi connectivity index (χ0v) is 13.1. The van der Waals surface area contributed by atoms with Gasteiger partial charge in [-0.15, -0.1) is 0 Å². The predicted molar refractivity (Wildman–Crippen MR) is 74.8 cm³/mol. The van der Waals surface area contributed by atoms with Crippen LogP contribution in [0, 0.1) is 5.92 Å². The van der Waals surface area contributed by atoms with Crippen LogP contribution in [0.4, 0.5) is 4.79 Å². The number of hydrogen-bond acceptors (Lipinski definition) is 6. The van der Waals surface area contributed by atoms with Crippen LogP contribution in [0.15, 0.2) is 12.2 Å². The van der Waals surface area contributed by atoms with Gasteiger partial charge in [-0.1, -0.05) is 6.58 Å². The molecule has 6 heteroatoms. The van der Waals surface area contributed by atoms with Crippen LogP contribution in [0.2, 0.25) is 0 Å². The molecule has 2 aliphatic rings. The highest BCUT2D eigenvalue weighted by Gasteiger charge is 2.48. The lowest BCUT2D eigenvalue weighted by atomic mass is 9.78. The predicted octanol–water partition coefficient (Wildman–Crippen LogP) is 2.27. The SMILES string of the molecule is C=C1C2COC(C)(C)OC2CC(OC)C1OC(=O)OCC. The zero-order chi connectivity index (χ0) is 15.6. The summed E-state index contributed by atoms with van der Waals surface area (Å²) in [6, 6.07) is 0. The van der Waals surface area contributed by atoms with Crippen LogP contribution < -0.4 is 0 Å². The van der Waals surface area contributed by atoms with Gasteiger partial charge in [0.2, 0.25) is 0 Å². The Kier molecular flexibility index (Phi) is 4.91. The standard InChI is InChI=1S/C15H24O6/c1-6-18-14(16)20-13-9(2)10-8-19-15(3,4)21-11(10)7-12(13)17-5/h10-13H,2,6-8H2,1,3-5H3. The molecule has 2 rings (SSSR count). The number of fused-ring (bicyclic) bond motifs is 1. The summed E-state index contributed by atoms with van der Waals surface area (Å²) in [5, 5.41) is 0. The lowest BCUT2D eigenvalue weighted by molar-refractivity contribution is -0.299. The number of carbonyl (C=O) groups excluding carboxylic acids is 1. The van der Waals surface area contributed by atoms with Gasteiger partial charge >= 0.3 is 6.16 Å². The van der Waals surface area contributed by atoms with E-state index in [4.69, 9.17) is 23.7 Å². The monoisotopic (exact) mass is 300 g/mol. The molecule has 21 heavy (non-hydrogen) atoms. The van der Waals surface area contributed by atoms with Crippen molar-refractivity contribution in [1.29, 1.82) is 0 Å². The maximum atomic E-state index is 11.6. The molecule has 0 bridgehead atoms. The fourth-order valence-corrected chi connectivity index (χ4v) is 2.87. The summed E-state index contributed by atoms with van der Waals surface area (Å²) in [7, 11) is 1.59. The van der Waals surface area contributed by atoms with Crippen molar-refractivity contribution in [2.75, 3.05) is 20.3 Å². The van der Waals surface area contributed by atoms with Gasteiger partial charge in [0.1, 0.15) is 6.10 Å². The first-order valence-electron chi connectivity index (χ1n) is 7.24. The van der Waals surface area contributed by atoms with E-state index in [1.54, 1.807) is 14.0 Å². The summed E-state index contributed by atoms with van der Waals surface area (Å²) in [5.74, 6) is -0.627. The van der Waals surface area contributed by atoms with E-state index in [9.17, 15) is 4.79 Å². The molecule has 0 aromatic rings. The van der Waals surface area contributed by atoms with Crippen molar-refractivity contribution in [3.63, 3.8) is 0 Å². The van der Waals surface area contributed by atoms with Crippen LogP contribution in [-0.2, 0) is 23.7 Å². The normalized spacial score (nSPS) is 35.0. The summed E-state index contributed by atoms with van der Waals surface area (Å²) in [5.41, 5.74) is 0.752. The van der Waals surface area contributed by atoms with E-state index in [0.717, 1.165) is 5.57 Å². The molecular weight excluding hydrogens is 276 g/mol. The van der Waals surface area contributed by atoms with Crippen molar-refractivity contribution in [2.45, 2.75) is 51.3 Å². The van der Waals surface area contributed by atoms with E-state index >= 15 is 0 Å². The zero-order valence-electron chi connectivity index (χ0n) is 13.1. The average Bonchev–Trinajstić information content (AvgIpc) is 2.40. The van der Waals surface area contributed by atoms with Crippen molar-refractivity contribution in [1.82, 2.24) is 0 Å². The lowest BCUT2D eigenvalue weighted by Crippen LogP contribution is -2.55. The Morgan fingerprint density at radius 3 is 2.81 bits per heavy atom. The highest BCUT2D eigenvalue weighted by molar-refractivity contribution is 5.60. The molecule has 0 aromatic heterocycles. The third kappa shape index (κ3) is 3.56. The van der Waals surface area contributed by atoms with Crippen LogP contribution in [0.5, 0.6) is 0 Å². The van der Waals surface area contributed by atoms with Gasteiger partial charge in [0.15, 0.2) is 11.9 Å². The molecule has 1 heterocycles. The first-order chi connectivity index (χ1) is 9.88. The smallest absolute Gasteiger partial charge is 0.435 e. The summed E-state index contributed by atoms with van der Waals surface area (Å²) < 4.78 is 27.3. The van der Waals surface area contributed by atoms with E-state index < -0.39 is 18.0 Å². The van der Waals surface area contributed by atoms with Crippen molar-refractivity contribution in [2.24, 2.45) is 5.92 Å². The molecule has 0 aromatic carbocycles. The molecule has 0 amide bonds. The van der Waals surface area contributed by atoms with Gasteiger partial charge in [-0.05, 0) is 26.3 Å². The van der Waals surface area contributed by atoms with Crippen molar-refractivity contribution in [3.8, 4) is 0 Å². The summed E-state index contributed by atoms with van der Waals surface area (Å²) >= 11 is 0. The molecule has 1 aliphatic carbocycles. The highest BCUT2D eigenvalue weighted by atomic mass is 16.7. The Labute approximate surface area is 125 Å². The minimum Gasteiger partial charge on any atom is -0.435 e. The summed E-state index contributed by atoms with van der Waals surface area (Å²) in [4.78, 5) is 11.6. The Morgan fingerprint density at radius 2 is 2.19 bits per heavy atom. The molecule has 1 aliphatic heterocycles. The van der Waals surface area contributed by atoms with Crippen molar-refractivity contribution >= 4 is 6.16 Å². The molecule has 4 atom stereocenters. The quantitative estimate of drug-likeness (QED) is 0.588. The van der Waals surface area contributed by atoms with Gasteiger partial charge in [-0.2, -0.15) is 0 Å². The Bertz CT molecular complexity index is 405. The molecule has 0 spiro atoms. The fraction of sp³-hybridized carbons (Fsp3) is 0.800. The van der Waals surface area contributed by atoms with E-state index in [2.05, 4.69) is 6.58 Å². The van der Waals surface area contributed by atoms with Crippen LogP contribution in [0.1, 0.15) is 27.2 Å². The highest BCUT2D eigenvalue weighted by Crippen LogP contribution is 2.40. The fourth-order valence-electron chi connectivity index (χ4n) is 2.87. The summed E-state index contributed by atoms with van der Waals surface area (Å²) in [6.07, 6.45) is -0.965. The second kappa shape index (κ2) is 6.34. The first kappa shape index (κ1) is 16.3. The molecule has 6 nitrogen and oxygen atoms in total. The average molecular weight is 300 g/mol. The Morgan fingerprint density at radius 1 is 1.48 bits per heavy atom. The number of carbonyl (C=O) groups is 1. The minimum absolute atomic E-state index is 0.0103. The maximum Gasteiger partial charge on any atom is 0.508 e. The Hall–Kier alpha value is -1.11. The van der Waals surface area contributed by atoms with Gasteiger partial charge in [-0.25, -0.2) is 4.79 Å². The molecule has 4 unspecified atom stereocenters. The van der Waals surface area contributed by atoms with Gasteiger partial charge < -0.3 is 23.7 Å². The number of hydrogen-bond donors (Lipinski definition) is 0. The van der Waals surface area contributed by atoms with Crippen LogP contribution >= 0.6 is 0 Å². The van der Waals surface area contributed by atoms with Gasteiger partial charge in [0.05, 0.1) is 19.3 Å².